The van der Waals surface area contributed by atoms with Gasteiger partial charge in [0.1, 0.15) is 17.4 Å². The van der Waals surface area contributed by atoms with Crippen LogP contribution in [-0.4, -0.2) is 20.1 Å². The second-order valence-corrected chi connectivity index (χ2v) is 3.76. The molecule has 0 fully saturated rings. The Balaban J connectivity index is 2.14. The highest BCUT2D eigenvalue weighted by Gasteiger charge is 2.05. The summed E-state index contributed by atoms with van der Waals surface area (Å²) < 4.78 is 0. The Morgan fingerprint density at radius 3 is 2.82 bits per heavy atom. The van der Waals surface area contributed by atoms with Gasteiger partial charge in [-0.3, -0.25) is 0 Å². The van der Waals surface area contributed by atoms with E-state index >= 15 is 0 Å². The van der Waals surface area contributed by atoms with E-state index in [0.29, 0.717) is 11.6 Å². The Morgan fingerprint density at radius 1 is 1.18 bits per heavy atom. The van der Waals surface area contributed by atoms with Gasteiger partial charge in [-0.25, -0.2) is 9.97 Å². The number of phenolic OH excluding ortho intramolecular Hbond substituents is 1. The minimum atomic E-state index is 0.211. The zero-order valence-electron chi connectivity index (χ0n) is 8.88. The van der Waals surface area contributed by atoms with Crippen molar-refractivity contribution in [2.75, 3.05) is 5.73 Å². The Morgan fingerprint density at radius 2 is 2.06 bits per heavy atom. The average molecular weight is 226 g/mol. The molecule has 17 heavy (non-hydrogen) atoms. The van der Waals surface area contributed by atoms with Gasteiger partial charge >= 0.3 is 0 Å². The van der Waals surface area contributed by atoms with E-state index in [1.54, 1.807) is 30.5 Å². The predicted octanol–water partition coefficient (Wildman–Crippen LogP) is 1.91. The van der Waals surface area contributed by atoms with Crippen LogP contribution in [-0.2, 0) is 0 Å². The fourth-order valence-electron chi connectivity index (χ4n) is 1.68. The van der Waals surface area contributed by atoms with Crippen LogP contribution in [0.2, 0.25) is 0 Å². The van der Waals surface area contributed by atoms with Crippen molar-refractivity contribution in [2.24, 2.45) is 0 Å². The summed E-state index contributed by atoms with van der Waals surface area (Å²) in [5.41, 5.74) is 7.97. The van der Waals surface area contributed by atoms with Gasteiger partial charge in [-0.15, -0.1) is 0 Å². The van der Waals surface area contributed by atoms with Crippen molar-refractivity contribution in [3.8, 4) is 17.1 Å². The van der Waals surface area contributed by atoms with Crippen LogP contribution in [0.1, 0.15) is 0 Å². The molecule has 1 aromatic carbocycles. The van der Waals surface area contributed by atoms with Crippen molar-refractivity contribution in [3.63, 3.8) is 0 Å². The fraction of sp³-hybridized carbons (Fsp3) is 0. The Labute approximate surface area is 97.0 Å². The fourth-order valence-corrected chi connectivity index (χ4v) is 1.68. The van der Waals surface area contributed by atoms with Crippen molar-refractivity contribution in [1.82, 2.24) is 15.0 Å². The largest absolute Gasteiger partial charge is 0.508 e. The standard InChI is InChI=1S/C12H10N4O/c13-11-4-1-7(6-14-11)12-15-9-3-2-8(17)5-10(9)16-12/h1-6,17H,(H2,13,14)(H,15,16). The van der Waals surface area contributed by atoms with Gasteiger partial charge in [-0.1, -0.05) is 0 Å². The van der Waals surface area contributed by atoms with Crippen LogP contribution in [0.15, 0.2) is 36.5 Å². The van der Waals surface area contributed by atoms with Crippen molar-refractivity contribution >= 4 is 16.9 Å². The molecule has 0 radical (unpaired) electrons. The molecule has 0 unspecified atom stereocenters. The van der Waals surface area contributed by atoms with Crippen molar-refractivity contribution in [1.29, 1.82) is 0 Å². The zero-order valence-corrected chi connectivity index (χ0v) is 8.88. The van der Waals surface area contributed by atoms with E-state index in [-0.39, 0.29) is 5.75 Å². The highest BCUT2D eigenvalue weighted by atomic mass is 16.3. The molecule has 2 heterocycles. The topological polar surface area (TPSA) is 87.8 Å². The van der Waals surface area contributed by atoms with Gasteiger partial charge in [-0.05, 0) is 24.3 Å². The van der Waals surface area contributed by atoms with E-state index in [2.05, 4.69) is 15.0 Å². The number of fused-ring (bicyclic) bond motifs is 1. The average Bonchev–Trinajstić information content (AvgIpc) is 2.72. The van der Waals surface area contributed by atoms with Crippen LogP contribution >= 0.6 is 0 Å². The number of hydrogen-bond acceptors (Lipinski definition) is 4. The quantitative estimate of drug-likeness (QED) is 0.591. The number of nitrogens with two attached hydrogens (primary N) is 1. The van der Waals surface area contributed by atoms with Crippen LogP contribution in [0.25, 0.3) is 22.4 Å². The van der Waals surface area contributed by atoms with Crippen LogP contribution in [0.3, 0.4) is 0 Å². The lowest BCUT2D eigenvalue weighted by molar-refractivity contribution is 0.476. The van der Waals surface area contributed by atoms with Crippen molar-refractivity contribution in [2.45, 2.75) is 0 Å². The third-order valence-corrected chi connectivity index (χ3v) is 2.53. The summed E-state index contributed by atoms with van der Waals surface area (Å²) in [5, 5.41) is 9.37. The lowest BCUT2D eigenvalue weighted by Gasteiger charge is -1.95. The van der Waals surface area contributed by atoms with E-state index in [4.69, 9.17) is 5.73 Å². The SMILES string of the molecule is Nc1ccc(-c2nc3ccc(O)cc3[nH]2)cn1. The number of aromatic nitrogens is 3. The van der Waals surface area contributed by atoms with Gasteiger partial charge < -0.3 is 15.8 Å². The first kappa shape index (κ1) is 9.65. The van der Waals surface area contributed by atoms with E-state index in [9.17, 15) is 5.11 Å². The Hall–Kier alpha value is -2.56. The maximum Gasteiger partial charge on any atom is 0.140 e. The second kappa shape index (κ2) is 3.48. The number of hydrogen-bond donors (Lipinski definition) is 3. The third kappa shape index (κ3) is 1.67. The van der Waals surface area contributed by atoms with E-state index in [0.717, 1.165) is 16.6 Å². The minimum Gasteiger partial charge on any atom is -0.508 e. The number of phenols is 1. The molecule has 0 aliphatic rings. The molecule has 0 amide bonds. The summed E-state index contributed by atoms with van der Waals surface area (Å²) in [6.45, 7) is 0. The number of aromatic amines is 1. The van der Waals surface area contributed by atoms with Crippen molar-refractivity contribution in [3.05, 3.63) is 36.5 Å². The molecular formula is C12H10N4O. The van der Waals surface area contributed by atoms with Crippen LogP contribution in [0, 0.1) is 0 Å². The number of imidazole rings is 1. The number of benzene rings is 1. The van der Waals surface area contributed by atoms with Gasteiger partial charge in [-0.2, -0.15) is 0 Å². The molecule has 3 rings (SSSR count). The summed E-state index contributed by atoms with van der Waals surface area (Å²) in [5.74, 6) is 1.39. The molecule has 84 valence electrons. The number of pyridine rings is 1. The van der Waals surface area contributed by atoms with Gasteiger partial charge in [0.05, 0.1) is 11.0 Å². The highest BCUT2D eigenvalue weighted by Crippen LogP contribution is 2.22. The Bertz CT molecular complexity index is 673. The maximum absolute atomic E-state index is 9.37. The van der Waals surface area contributed by atoms with E-state index in [1.807, 2.05) is 6.07 Å². The first-order valence-corrected chi connectivity index (χ1v) is 5.13. The van der Waals surface area contributed by atoms with Gasteiger partial charge in [0.25, 0.3) is 0 Å². The maximum atomic E-state index is 9.37. The predicted molar refractivity (Wildman–Crippen MR) is 65.4 cm³/mol. The van der Waals surface area contributed by atoms with Crippen molar-refractivity contribution < 1.29 is 5.11 Å². The monoisotopic (exact) mass is 226 g/mol. The summed E-state index contributed by atoms with van der Waals surface area (Å²) in [6.07, 6.45) is 1.66. The molecule has 5 nitrogen and oxygen atoms in total. The van der Waals surface area contributed by atoms with Gasteiger partial charge in [0.15, 0.2) is 0 Å². The normalized spacial score (nSPS) is 10.8. The Kier molecular flexibility index (Phi) is 1.98. The van der Waals surface area contributed by atoms with E-state index in [1.165, 1.54) is 0 Å². The molecule has 3 aromatic rings. The molecule has 2 aromatic heterocycles. The molecule has 0 aliphatic carbocycles. The molecular weight excluding hydrogens is 216 g/mol. The lowest BCUT2D eigenvalue weighted by Crippen LogP contribution is -1.89. The molecule has 0 aliphatic heterocycles. The number of nitrogens with one attached hydrogen (secondary N) is 1. The summed E-state index contributed by atoms with van der Waals surface area (Å²) in [4.78, 5) is 11.5. The van der Waals surface area contributed by atoms with Gasteiger partial charge in [0, 0.05) is 17.8 Å². The van der Waals surface area contributed by atoms with E-state index < -0.39 is 0 Å². The third-order valence-electron chi connectivity index (χ3n) is 2.53. The lowest BCUT2D eigenvalue weighted by atomic mass is 10.3. The van der Waals surface area contributed by atoms with Crippen LogP contribution < -0.4 is 5.73 Å². The molecule has 0 atom stereocenters. The second-order valence-electron chi connectivity index (χ2n) is 3.76. The summed E-state index contributed by atoms with van der Waals surface area (Å²) >= 11 is 0. The molecule has 5 heteroatoms. The molecule has 4 N–H and O–H groups in total. The number of aromatic hydroxyl groups is 1. The number of anilines is 1. The minimum absolute atomic E-state index is 0.211. The smallest absolute Gasteiger partial charge is 0.140 e. The van der Waals surface area contributed by atoms with Gasteiger partial charge in [0.2, 0.25) is 0 Å². The summed E-state index contributed by atoms with van der Waals surface area (Å²) in [7, 11) is 0. The first-order chi connectivity index (χ1) is 8.22. The van der Waals surface area contributed by atoms with Crippen LogP contribution in [0.4, 0.5) is 5.82 Å². The first-order valence-electron chi connectivity index (χ1n) is 5.13. The molecule has 0 spiro atoms. The molecule has 0 bridgehead atoms. The molecule has 0 saturated heterocycles. The number of rotatable bonds is 1. The number of H-pyrrole nitrogens is 1. The zero-order chi connectivity index (χ0) is 11.8. The number of nitrogens with zero attached hydrogens (tertiary/aromatic N) is 2. The number of nitrogen functional groups attached to an aromatic ring is 1. The molecule has 0 saturated carbocycles. The summed E-state index contributed by atoms with van der Waals surface area (Å²) in [6, 6.07) is 8.57. The highest BCUT2D eigenvalue weighted by molar-refractivity contribution is 5.80. The van der Waals surface area contributed by atoms with Crippen LogP contribution in [0.5, 0.6) is 5.75 Å².